The second-order valence-electron chi connectivity index (χ2n) is 7.55. The summed E-state index contributed by atoms with van der Waals surface area (Å²) >= 11 is 0. The van der Waals surface area contributed by atoms with E-state index in [1.54, 1.807) is 4.90 Å². The highest BCUT2D eigenvalue weighted by molar-refractivity contribution is 5.97. The Labute approximate surface area is 157 Å². The van der Waals surface area contributed by atoms with E-state index >= 15 is 0 Å². The van der Waals surface area contributed by atoms with Crippen LogP contribution in [0.5, 0.6) is 0 Å². The molecule has 2 saturated heterocycles. The van der Waals surface area contributed by atoms with Gasteiger partial charge in [0.05, 0.1) is 12.2 Å². The molecule has 10 nitrogen and oxygen atoms in total. The molecule has 2 aliphatic rings. The number of rotatable bonds is 5. The van der Waals surface area contributed by atoms with Crippen molar-refractivity contribution < 1.29 is 19.2 Å². The molecule has 3 heterocycles. The summed E-state index contributed by atoms with van der Waals surface area (Å²) in [6, 6.07) is 0.0980. The zero-order chi connectivity index (χ0) is 19.7. The molecule has 27 heavy (non-hydrogen) atoms. The quantitative estimate of drug-likeness (QED) is 0.570. The lowest BCUT2D eigenvalue weighted by Crippen LogP contribution is -2.50. The Bertz CT molecular complexity index is 738. The third kappa shape index (κ3) is 3.74. The highest BCUT2D eigenvalue weighted by Crippen LogP contribution is 2.28. The average Bonchev–Trinajstić information content (AvgIpc) is 3.17. The number of ether oxygens (including phenoxy) is 1. The number of likely N-dealkylation sites (tertiary alicyclic amines) is 1. The van der Waals surface area contributed by atoms with Gasteiger partial charge in [0.25, 0.3) is 5.91 Å². The van der Waals surface area contributed by atoms with Gasteiger partial charge in [-0.15, -0.1) is 4.68 Å². The minimum atomic E-state index is -0.594. The van der Waals surface area contributed by atoms with Gasteiger partial charge in [0.15, 0.2) is 5.56 Å². The number of nitrogens with zero attached hydrogens (tertiary/aromatic N) is 5. The Morgan fingerprint density at radius 2 is 2.07 bits per heavy atom. The van der Waals surface area contributed by atoms with Crippen LogP contribution < -0.4 is 0 Å². The predicted molar refractivity (Wildman–Crippen MR) is 95.2 cm³/mol. The highest BCUT2D eigenvalue weighted by atomic mass is 16.6. The van der Waals surface area contributed by atoms with E-state index in [9.17, 15) is 19.7 Å². The number of piperidine rings is 1. The lowest BCUT2D eigenvalue weighted by Gasteiger charge is -2.38. The predicted octanol–water partition coefficient (Wildman–Crippen LogP) is 1.80. The van der Waals surface area contributed by atoms with Crippen LogP contribution in [0.25, 0.3) is 0 Å². The average molecular weight is 379 g/mol. The Balaban J connectivity index is 1.66. The standard InChI is InChI=1S/C17H25N5O5/c1-11(2)8-13-10-27-17(24)21(13)12-4-6-20(7-5-12)16(23)14-9-18-19(3)15(14)22(25)26/h9,11-13H,4-8,10H2,1-3H3/t13-/m1/s1. The van der Waals surface area contributed by atoms with E-state index in [-0.39, 0.29) is 29.6 Å². The summed E-state index contributed by atoms with van der Waals surface area (Å²) in [5, 5.41) is 15.0. The van der Waals surface area contributed by atoms with E-state index in [2.05, 4.69) is 18.9 Å². The highest BCUT2D eigenvalue weighted by Gasteiger charge is 2.40. The number of cyclic esters (lactones) is 1. The number of amides is 2. The molecule has 2 amide bonds. The lowest BCUT2D eigenvalue weighted by atomic mass is 9.98. The van der Waals surface area contributed by atoms with E-state index in [1.165, 1.54) is 13.2 Å². The summed E-state index contributed by atoms with van der Waals surface area (Å²) in [4.78, 5) is 38.9. The monoisotopic (exact) mass is 379 g/mol. The Morgan fingerprint density at radius 3 is 2.67 bits per heavy atom. The number of carbonyl (C=O) groups is 2. The minimum absolute atomic E-state index is 0.000725. The van der Waals surface area contributed by atoms with Crippen LogP contribution in [-0.2, 0) is 11.8 Å². The molecule has 0 saturated carbocycles. The number of aryl methyl sites for hydroxylation is 1. The maximum absolute atomic E-state index is 12.7. The molecule has 148 valence electrons. The van der Waals surface area contributed by atoms with Crippen molar-refractivity contribution in [2.24, 2.45) is 13.0 Å². The van der Waals surface area contributed by atoms with Crippen LogP contribution in [0.1, 0.15) is 43.5 Å². The third-order valence-corrected chi connectivity index (χ3v) is 5.20. The van der Waals surface area contributed by atoms with Crippen molar-refractivity contribution in [2.45, 2.75) is 45.2 Å². The molecule has 0 N–H and O–H groups in total. The Morgan fingerprint density at radius 1 is 1.41 bits per heavy atom. The van der Waals surface area contributed by atoms with Crippen LogP contribution in [0, 0.1) is 16.0 Å². The Hall–Kier alpha value is -2.65. The van der Waals surface area contributed by atoms with E-state index in [0.717, 1.165) is 11.1 Å². The molecule has 2 fully saturated rings. The van der Waals surface area contributed by atoms with Gasteiger partial charge in [-0.1, -0.05) is 18.9 Å². The van der Waals surface area contributed by atoms with Gasteiger partial charge in [-0.25, -0.2) is 4.79 Å². The first-order chi connectivity index (χ1) is 12.8. The van der Waals surface area contributed by atoms with Crippen molar-refractivity contribution in [3.8, 4) is 0 Å². The second-order valence-corrected chi connectivity index (χ2v) is 7.55. The Kier molecular flexibility index (Phi) is 5.33. The minimum Gasteiger partial charge on any atom is -0.447 e. The number of nitro groups is 1. The van der Waals surface area contributed by atoms with E-state index in [1.807, 2.05) is 4.90 Å². The van der Waals surface area contributed by atoms with Crippen molar-refractivity contribution in [1.29, 1.82) is 0 Å². The van der Waals surface area contributed by atoms with Gasteiger partial charge in [0.2, 0.25) is 0 Å². The molecule has 10 heteroatoms. The van der Waals surface area contributed by atoms with Crippen LogP contribution in [0.4, 0.5) is 10.6 Å². The maximum Gasteiger partial charge on any atom is 0.410 e. The maximum atomic E-state index is 12.7. The van der Waals surface area contributed by atoms with Crippen LogP contribution in [-0.4, -0.2) is 68.3 Å². The van der Waals surface area contributed by atoms with Gasteiger partial charge >= 0.3 is 11.9 Å². The molecule has 2 aliphatic heterocycles. The summed E-state index contributed by atoms with van der Waals surface area (Å²) in [6.45, 7) is 5.52. The van der Waals surface area contributed by atoms with E-state index in [4.69, 9.17) is 4.74 Å². The smallest absolute Gasteiger partial charge is 0.410 e. The largest absolute Gasteiger partial charge is 0.447 e. The van der Waals surface area contributed by atoms with Gasteiger partial charge in [-0.2, -0.15) is 0 Å². The second kappa shape index (κ2) is 7.53. The first kappa shape index (κ1) is 19.1. The molecule has 1 aromatic heterocycles. The SMILES string of the molecule is CC(C)C[C@@H]1COC(=O)N1C1CCN(C(=O)c2cnn(C)c2[N+](=O)[O-])CC1. The molecule has 3 rings (SSSR count). The topological polar surface area (TPSA) is 111 Å². The van der Waals surface area contributed by atoms with Gasteiger partial charge < -0.3 is 19.8 Å². The zero-order valence-corrected chi connectivity index (χ0v) is 15.8. The van der Waals surface area contributed by atoms with Gasteiger partial charge in [-0.05, 0) is 30.1 Å². The van der Waals surface area contributed by atoms with E-state index < -0.39 is 10.8 Å². The van der Waals surface area contributed by atoms with E-state index in [0.29, 0.717) is 38.5 Å². The summed E-state index contributed by atoms with van der Waals surface area (Å²) in [5.41, 5.74) is -0.000725. The van der Waals surface area contributed by atoms with Crippen molar-refractivity contribution in [2.75, 3.05) is 19.7 Å². The van der Waals surface area contributed by atoms with Gasteiger partial charge in [0, 0.05) is 19.1 Å². The summed E-state index contributed by atoms with van der Waals surface area (Å²) in [7, 11) is 1.44. The van der Waals surface area contributed by atoms with Crippen LogP contribution in [0.2, 0.25) is 0 Å². The molecule has 0 aromatic carbocycles. The molecule has 0 aliphatic carbocycles. The fourth-order valence-corrected chi connectivity index (χ4v) is 3.96. The van der Waals surface area contributed by atoms with Crippen molar-refractivity contribution in [3.63, 3.8) is 0 Å². The van der Waals surface area contributed by atoms with Crippen LogP contribution in [0.15, 0.2) is 6.20 Å². The van der Waals surface area contributed by atoms with Crippen LogP contribution in [0.3, 0.4) is 0 Å². The first-order valence-corrected chi connectivity index (χ1v) is 9.20. The molecule has 0 spiro atoms. The molecular formula is C17H25N5O5. The summed E-state index contributed by atoms with van der Waals surface area (Å²) < 4.78 is 6.34. The number of aromatic nitrogens is 2. The molecule has 0 radical (unpaired) electrons. The van der Waals surface area contributed by atoms with Crippen molar-refractivity contribution in [1.82, 2.24) is 19.6 Å². The fourth-order valence-electron chi connectivity index (χ4n) is 3.96. The number of carbonyl (C=O) groups excluding carboxylic acids is 2. The molecule has 1 atom stereocenters. The normalized spacial score (nSPS) is 21.0. The van der Waals surface area contributed by atoms with Gasteiger partial charge in [0.1, 0.15) is 13.7 Å². The van der Waals surface area contributed by atoms with Crippen molar-refractivity contribution >= 4 is 17.8 Å². The summed E-state index contributed by atoms with van der Waals surface area (Å²) in [6.07, 6.45) is 3.09. The summed E-state index contributed by atoms with van der Waals surface area (Å²) in [5.74, 6) is -0.238. The third-order valence-electron chi connectivity index (χ3n) is 5.20. The molecule has 0 bridgehead atoms. The molecule has 1 aromatic rings. The fraction of sp³-hybridized carbons (Fsp3) is 0.706. The van der Waals surface area contributed by atoms with Crippen LogP contribution >= 0.6 is 0 Å². The van der Waals surface area contributed by atoms with Gasteiger partial charge in [-0.3, -0.25) is 9.69 Å². The zero-order valence-electron chi connectivity index (χ0n) is 15.8. The van der Waals surface area contributed by atoms with Crippen molar-refractivity contribution in [3.05, 3.63) is 21.9 Å². The molecular weight excluding hydrogens is 354 g/mol. The number of hydrogen-bond acceptors (Lipinski definition) is 6. The first-order valence-electron chi connectivity index (χ1n) is 9.20. The lowest BCUT2D eigenvalue weighted by molar-refractivity contribution is -0.392. The number of hydrogen-bond donors (Lipinski definition) is 0. The molecule has 0 unspecified atom stereocenters.